The van der Waals surface area contributed by atoms with Gasteiger partial charge in [0.2, 0.25) is 5.89 Å². The normalized spacial score (nSPS) is 11.4. The molecule has 0 spiro atoms. The highest BCUT2D eigenvalue weighted by Gasteiger charge is 2.42. The maximum Gasteiger partial charge on any atom is 0.215 e. The summed E-state index contributed by atoms with van der Waals surface area (Å²) in [6.07, 6.45) is 1.50. The fourth-order valence-electron chi connectivity index (χ4n) is 3.39. The number of hydrogen-bond acceptors (Lipinski definition) is 3. The van der Waals surface area contributed by atoms with Crippen LogP contribution in [0.4, 0.5) is 5.82 Å². The summed E-state index contributed by atoms with van der Waals surface area (Å²) in [5.41, 5.74) is 8.47. The fraction of sp³-hybridized carbons (Fsp3) is 0.0455. The molecule has 3 nitrogen and oxygen atoms in total. The standard InChI is InChI=1S/C22H18N2O/c23-20-16-25-21(24-20)22(17-10-4-1-5-11-17,18-12-6-2-7-13-18)19-14-8-3-9-15-19/h1-16H,23H2. The molecule has 0 atom stereocenters. The summed E-state index contributed by atoms with van der Waals surface area (Å²) in [6, 6.07) is 30.8. The Kier molecular flexibility index (Phi) is 3.82. The van der Waals surface area contributed by atoms with E-state index in [1.807, 2.05) is 54.6 Å². The lowest BCUT2D eigenvalue weighted by Gasteiger charge is -2.32. The second-order valence-electron chi connectivity index (χ2n) is 5.93. The Morgan fingerprint density at radius 2 is 1.04 bits per heavy atom. The van der Waals surface area contributed by atoms with E-state index in [1.165, 1.54) is 6.26 Å². The van der Waals surface area contributed by atoms with Crippen LogP contribution in [0.3, 0.4) is 0 Å². The Bertz CT molecular complexity index is 850. The average Bonchev–Trinajstić information content (AvgIpc) is 3.12. The first-order valence-electron chi connectivity index (χ1n) is 8.20. The molecule has 0 radical (unpaired) electrons. The molecule has 0 aliphatic heterocycles. The quantitative estimate of drug-likeness (QED) is 0.556. The van der Waals surface area contributed by atoms with Gasteiger partial charge in [0.15, 0.2) is 5.82 Å². The van der Waals surface area contributed by atoms with E-state index in [1.54, 1.807) is 0 Å². The topological polar surface area (TPSA) is 52.0 Å². The summed E-state index contributed by atoms with van der Waals surface area (Å²) in [6.45, 7) is 0. The van der Waals surface area contributed by atoms with Crippen molar-refractivity contribution < 1.29 is 4.42 Å². The summed E-state index contributed by atoms with van der Waals surface area (Å²) < 4.78 is 5.86. The van der Waals surface area contributed by atoms with Crippen molar-refractivity contribution in [3.05, 3.63) is 120 Å². The molecule has 0 unspecified atom stereocenters. The summed E-state index contributed by atoms with van der Waals surface area (Å²) >= 11 is 0. The molecular weight excluding hydrogens is 308 g/mol. The molecule has 0 fully saturated rings. The zero-order valence-electron chi connectivity index (χ0n) is 13.7. The van der Waals surface area contributed by atoms with Gasteiger partial charge in [-0.25, -0.2) is 0 Å². The van der Waals surface area contributed by atoms with Gasteiger partial charge in [-0.15, -0.1) is 0 Å². The highest BCUT2D eigenvalue weighted by atomic mass is 16.3. The Labute approximate surface area is 146 Å². The van der Waals surface area contributed by atoms with E-state index in [2.05, 4.69) is 41.4 Å². The van der Waals surface area contributed by atoms with Crippen molar-refractivity contribution in [2.75, 3.05) is 5.73 Å². The third kappa shape index (κ3) is 2.50. The zero-order valence-corrected chi connectivity index (χ0v) is 13.7. The molecule has 0 amide bonds. The predicted octanol–water partition coefficient (Wildman–Crippen LogP) is 4.64. The van der Waals surface area contributed by atoms with Crippen LogP contribution in [-0.2, 0) is 5.41 Å². The molecule has 3 heteroatoms. The molecule has 0 aliphatic carbocycles. The molecule has 1 aromatic heterocycles. The molecule has 4 aromatic rings. The van der Waals surface area contributed by atoms with Gasteiger partial charge in [0.1, 0.15) is 11.7 Å². The van der Waals surface area contributed by atoms with Gasteiger partial charge in [-0.3, -0.25) is 0 Å². The lowest BCUT2D eigenvalue weighted by atomic mass is 9.69. The number of anilines is 1. The van der Waals surface area contributed by atoms with Crippen molar-refractivity contribution in [2.45, 2.75) is 5.41 Å². The zero-order chi connectivity index (χ0) is 17.1. The van der Waals surface area contributed by atoms with Crippen LogP contribution < -0.4 is 5.73 Å². The van der Waals surface area contributed by atoms with E-state index in [-0.39, 0.29) is 0 Å². The maximum absolute atomic E-state index is 5.90. The first-order chi connectivity index (χ1) is 12.3. The largest absolute Gasteiger partial charge is 0.445 e. The Hall–Kier alpha value is -3.33. The van der Waals surface area contributed by atoms with Crippen molar-refractivity contribution in [3.63, 3.8) is 0 Å². The maximum atomic E-state index is 5.90. The molecule has 0 saturated carbocycles. The van der Waals surface area contributed by atoms with Gasteiger partial charge in [0, 0.05) is 0 Å². The molecule has 1 heterocycles. The highest BCUT2D eigenvalue weighted by Crippen LogP contribution is 2.44. The Morgan fingerprint density at radius 3 is 1.36 bits per heavy atom. The third-order valence-corrected chi connectivity index (χ3v) is 4.46. The van der Waals surface area contributed by atoms with Crippen LogP contribution in [0.15, 0.2) is 102 Å². The minimum atomic E-state index is -0.665. The minimum absolute atomic E-state index is 0.377. The van der Waals surface area contributed by atoms with Gasteiger partial charge in [-0.1, -0.05) is 91.0 Å². The SMILES string of the molecule is Nc1coc(C(c2ccccc2)(c2ccccc2)c2ccccc2)n1. The average molecular weight is 326 g/mol. The lowest BCUT2D eigenvalue weighted by molar-refractivity contribution is 0.445. The van der Waals surface area contributed by atoms with Gasteiger partial charge < -0.3 is 10.2 Å². The number of nitrogens with two attached hydrogens (primary N) is 1. The second kappa shape index (κ2) is 6.29. The third-order valence-electron chi connectivity index (χ3n) is 4.46. The predicted molar refractivity (Wildman–Crippen MR) is 99.2 cm³/mol. The summed E-state index contributed by atoms with van der Waals surface area (Å²) in [7, 11) is 0. The van der Waals surface area contributed by atoms with E-state index >= 15 is 0 Å². The summed E-state index contributed by atoms with van der Waals surface area (Å²) in [4.78, 5) is 4.52. The number of aromatic nitrogens is 1. The van der Waals surface area contributed by atoms with Crippen LogP contribution in [0.2, 0.25) is 0 Å². The second-order valence-corrected chi connectivity index (χ2v) is 5.93. The first kappa shape index (κ1) is 15.2. The molecule has 4 rings (SSSR count). The minimum Gasteiger partial charge on any atom is -0.445 e. The van der Waals surface area contributed by atoms with Crippen LogP contribution in [0.1, 0.15) is 22.6 Å². The van der Waals surface area contributed by atoms with Gasteiger partial charge in [0.05, 0.1) is 0 Å². The molecule has 122 valence electrons. The number of rotatable bonds is 4. The van der Waals surface area contributed by atoms with Crippen LogP contribution >= 0.6 is 0 Å². The summed E-state index contributed by atoms with van der Waals surface area (Å²) in [5, 5.41) is 0. The van der Waals surface area contributed by atoms with E-state index in [0.29, 0.717) is 11.7 Å². The molecule has 25 heavy (non-hydrogen) atoms. The Morgan fingerprint density at radius 1 is 0.640 bits per heavy atom. The Balaban J connectivity index is 2.12. The van der Waals surface area contributed by atoms with Crippen molar-refractivity contribution in [1.29, 1.82) is 0 Å². The number of nitrogen functional groups attached to an aromatic ring is 1. The number of benzene rings is 3. The molecule has 0 bridgehead atoms. The van der Waals surface area contributed by atoms with Gasteiger partial charge in [-0.2, -0.15) is 4.98 Å². The van der Waals surface area contributed by atoms with Crippen molar-refractivity contribution in [3.8, 4) is 0 Å². The van der Waals surface area contributed by atoms with E-state index in [0.717, 1.165) is 16.7 Å². The number of nitrogens with zero attached hydrogens (tertiary/aromatic N) is 1. The number of hydrogen-bond donors (Lipinski definition) is 1. The molecule has 3 aromatic carbocycles. The lowest BCUT2D eigenvalue weighted by Crippen LogP contribution is -2.31. The van der Waals surface area contributed by atoms with Crippen molar-refractivity contribution >= 4 is 5.82 Å². The molecule has 0 aliphatic rings. The van der Waals surface area contributed by atoms with Gasteiger partial charge >= 0.3 is 0 Å². The molecular formula is C22H18N2O. The molecule has 0 saturated heterocycles. The van der Waals surface area contributed by atoms with Crippen LogP contribution in [0, 0.1) is 0 Å². The first-order valence-corrected chi connectivity index (χ1v) is 8.20. The highest BCUT2D eigenvalue weighted by molar-refractivity contribution is 5.56. The monoisotopic (exact) mass is 326 g/mol. The van der Waals surface area contributed by atoms with Crippen LogP contribution in [0.5, 0.6) is 0 Å². The van der Waals surface area contributed by atoms with E-state index < -0.39 is 5.41 Å². The fourth-order valence-corrected chi connectivity index (χ4v) is 3.39. The smallest absolute Gasteiger partial charge is 0.215 e. The van der Waals surface area contributed by atoms with E-state index in [9.17, 15) is 0 Å². The van der Waals surface area contributed by atoms with Crippen molar-refractivity contribution in [1.82, 2.24) is 4.98 Å². The van der Waals surface area contributed by atoms with Crippen LogP contribution in [-0.4, -0.2) is 4.98 Å². The van der Waals surface area contributed by atoms with Gasteiger partial charge in [0.25, 0.3) is 0 Å². The summed E-state index contributed by atoms with van der Waals surface area (Å²) in [5.74, 6) is 0.941. The van der Waals surface area contributed by atoms with Crippen molar-refractivity contribution in [2.24, 2.45) is 0 Å². The van der Waals surface area contributed by atoms with Gasteiger partial charge in [-0.05, 0) is 16.7 Å². The van der Waals surface area contributed by atoms with E-state index in [4.69, 9.17) is 10.2 Å². The van der Waals surface area contributed by atoms with Crippen LogP contribution in [0.25, 0.3) is 0 Å². The molecule has 2 N–H and O–H groups in total. The number of oxazole rings is 1.